The molecule has 4 rings (SSSR count). The molecule has 0 atom stereocenters. The third-order valence-electron chi connectivity index (χ3n) is 3.98. The fourth-order valence-electron chi connectivity index (χ4n) is 2.73. The van der Waals surface area contributed by atoms with Crippen LogP contribution in [0.25, 0.3) is 16.7 Å². The van der Waals surface area contributed by atoms with Crippen LogP contribution in [-0.4, -0.2) is 15.8 Å². The number of hydrogen-bond donors (Lipinski definition) is 1. The van der Waals surface area contributed by atoms with E-state index in [1.807, 2.05) is 12.1 Å². The van der Waals surface area contributed by atoms with Gasteiger partial charge in [-0.05, 0) is 61.6 Å². The van der Waals surface area contributed by atoms with E-state index < -0.39 is 0 Å². The molecule has 0 spiro atoms. The summed E-state index contributed by atoms with van der Waals surface area (Å²) in [5.74, 6) is 1.77. The number of fused-ring (bicyclic) bond motifs is 1. The number of nitrogen functional groups attached to an aromatic ring is 1. The molecular weight excluding hydrogens is 278 g/mol. The average Bonchev–Trinajstić information content (AvgIpc) is 3.28. The Labute approximate surface area is 128 Å². The number of nitrogens with zero attached hydrogens (tertiary/aromatic N) is 2. The number of rotatable bonds is 3. The molecule has 1 aliphatic rings. The second-order valence-electron chi connectivity index (χ2n) is 5.53. The van der Waals surface area contributed by atoms with E-state index in [0.717, 1.165) is 16.7 Å². The highest BCUT2D eigenvalue weighted by Gasteiger charge is 2.30. The van der Waals surface area contributed by atoms with Gasteiger partial charge in [-0.2, -0.15) is 0 Å². The predicted octanol–water partition coefficient (Wildman–Crippen LogP) is 4.21. The largest absolute Gasteiger partial charge is 0.399 e. The smallest absolute Gasteiger partial charge is 0.117 e. The van der Waals surface area contributed by atoms with Gasteiger partial charge in [0.2, 0.25) is 0 Å². The lowest BCUT2D eigenvalue weighted by Gasteiger charge is -2.09. The molecule has 1 fully saturated rings. The van der Waals surface area contributed by atoms with Gasteiger partial charge in [0.15, 0.2) is 0 Å². The Morgan fingerprint density at radius 3 is 2.57 bits per heavy atom. The predicted molar refractivity (Wildman–Crippen MR) is 89.2 cm³/mol. The van der Waals surface area contributed by atoms with E-state index in [1.54, 1.807) is 11.8 Å². The van der Waals surface area contributed by atoms with Crippen LogP contribution in [0, 0.1) is 0 Å². The molecule has 0 amide bonds. The van der Waals surface area contributed by atoms with Crippen LogP contribution < -0.4 is 5.73 Å². The zero-order chi connectivity index (χ0) is 14.4. The summed E-state index contributed by atoms with van der Waals surface area (Å²) in [6.45, 7) is 0. The van der Waals surface area contributed by atoms with Crippen LogP contribution >= 0.6 is 11.8 Å². The molecule has 2 N–H and O–H groups in total. The summed E-state index contributed by atoms with van der Waals surface area (Å²) >= 11 is 1.76. The molecule has 0 aliphatic heterocycles. The van der Waals surface area contributed by atoms with Crippen LogP contribution in [0.4, 0.5) is 5.69 Å². The Morgan fingerprint density at radius 1 is 1.14 bits per heavy atom. The Balaban J connectivity index is 1.94. The van der Waals surface area contributed by atoms with Gasteiger partial charge >= 0.3 is 0 Å². The monoisotopic (exact) mass is 295 g/mol. The molecule has 1 aliphatic carbocycles. The van der Waals surface area contributed by atoms with Crippen molar-refractivity contribution < 1.29 is 0 Å². The number of hydrogen-bond acceptors (Lipinski definition) is 3. The van der Waals surface area contributed by atoms with Crippen LogP contribution in [0.3, 0.4) is 0 Å². The van der Waals surface area contributed by atoms with Crippen LogP contribution in [0.1, 0.15) is 24.6 Å². The molecule has 1 heterocycles. The maximum absolute atomic E-state index is 5.90. The summed E-state index contributed by atoms with van der Waals surface area (Å²) in [4.78, 5) is 6.11. The lowest BCUT2D eigenvalue weighted by molar-refractivity contribution is 0.895. The Bertz CT molecular complexity index is 801. The number of anilines is 1. The van der Waals surface area contributed by atoms with Crippen LogP contribution in [0.15, 0.2) is 47.4 Å². The summed E-state index contributed by atoms with van der Waals surface area (Å²) in [6.07, 6.45) is 4.57. The van der Waals surface area contributed by atoms with Gasteiger partial charge in [-0.1, -0.05) is 0 Å². The summed E-state index contributed by atoms with van der Waals surface area (Å²) in [7, 11) is 0. The van der Waals surface area contributed by atoms with E-state index in [4.69, 9.17) is 10.7 Å². The molecule has 3 aromatic rings. The molecule has 1 saturated carbocycles. The summed E-state index contributed by atoms with van der Waals surface area (Å²) in [5, 5.41) is 0. The van der Waals surface area contributed by atoms with Gasteiger partial charge in [0.05, 0.1) is 11.0 Å². The lowest BCUT2D eigenvalue weighted by atomic mass is 10.2. The fraction of sp³-hybridized carbons (Fsp3) is 0.235. The summed E-state index contributed by atoms with van der Waals surface area (Å²) in [6, 6.07) is 14.7. The van der Waals surface area contributed by atoms with E-state index in [9.17, 15) is 0 Å². The Kier molecular flexibility index (Phi) is 2.93. The minimum absolute atomic E-state index is 0.596. The Hall–Kier alpha value is -1.94. The summed E-state index contributed by atoms with van der Waals surface area (Å²) in [5.41, 5.74) is 9.99. The van der Waals surface area contributed by atoms with Crippen molar-refractivity contribution in [2.24, 2.45) is 0 Å². The van der Waals surface area contributed by atoms with Gasteiger partial charge in [0.25, 0.3) is 0 Å². The van der Waals surface area contributed by atoms with Crippen LogP contribution in [0.2, 0.25) is 0 Å². The molecular formula is C17H17N3S. The number of nitrogens with two attached hydrogens (primary N) is 1. The van der Waals surface area contributed by atoms with Crippen molar-refractivity contribution in [3.63, 3.8) is 0 Å². The van der Waals surface area contributed by atoms with Gasteiger partial charge in [0, 0.05) is 22.2 Å². The summed E-state index contributed by atoms with van der Waals surface area (Å²) < 4.78 is 2.29. The normalized spacial score (nSPS) is 14.7. The van der Waals surface area contributed by atoms with E-state index >= 15 is 0 Å². The zero-order valence-electron chi connectivity index (χ0n) is 11.9. The number of benzene rings is 2. The van der Waals surface area contributed by atoms with Crippen molar-refractivity contribution in [1.29, 1.82) is 0 Å². The second-order valence-corrected chi connectivity index (χ2v) is 6.41. The van der Waals surface area contributed by atoms with Crippen molar-refractivity contribution in [2.75, 3.05) is 12.0 Å². The van der Waals surface area contributed by atoms with E-state index in [2.05, 4.69) is 41.2 Å². The first-order chi connectivity index (χ1) is 10.3. The molecule has 1 aromatic heterocycles. The van der Waals surface area contributed by atoms with Gasteiger partial charge in [-0.3, -0.25) is 4.57 Å². The van der Waals surface area contributed by atoms with Gasteiger partial charge in [0.1, 0.15) is 5.82 Å². The minimum atomic E-state index is 0.596. The highest BCUT2D eigenvalue weighted by molar-refractivity contribution is 7.98. The van der Waals surface area contributed by atoms with Crippen molar-refractivity contribution in [1.82, 2.24) is 9.55 Å². The molecule has 0 radical (unpaired) electrons. The highest BCUT2D eigenvalue weighted by atomic mass is 32.2. The first-order valence-corrected chi connectivity index (χ1v) is 8.41. The minimum Gasteiger partial charge on any atom is -0.399 e. The number of thioether (sulfide) groups is 1. The molecule has 2 aromatic carbocycles. The topological polar surface area (TPSA) is 43.8 Å². The number of aromatic nitrogens is 2. The molecule has 0 saturated heterocycles. The lowest BCUT2D eigenvalue weighted by Crippen LogP contribution is -1.99. The van der Waals surface area contributed by atoms with Crippen LogP contribution in [0.5, 0.6) is 0 Å². The second kappa shape index (κ2) is 4.81. The molecule has 0 bridgehead atoms. The average molecular weight is 295 g/mol. The fourth-order valence-corrected chi connectivity index (χ4v) is 3.14. The zero-order valence-corrected chi connectivity index (χ0v) is 12.7. The first kappa shape index (κ1) is 12.8. The van der Waals surface area contributed by atoms with E-state index in [1.165, 1.54) is 29.2 Å². The number of imidazole rings is 1. The van der Waals surface area contributed by atoms with Crippen molar-refractivity contribution in [2.45, 2.75) is 23.7 Å². The van der Waals surface area contributed by atoms with E-state index in [0.29, 0.717) is 5.92 Å². The van der Waals surface area contributed by atoms with E-state index in [-0.39, 0.29) is 0 Å². The molecule has 106 valence electrons. The molecule has 0 unspecified atom stereocenters. The SMILES string of the molecule is CSc1ccc(-n2c(C3CC3)nc3cc(N)ccc32)cc1. The highest BCUT2D eigenvalue weighted by Crippen LogP contribution is 2.42. The molecule has 21 heavy (non-hydrogen) atoms. The van der Waals surface area contributed by atoms with Gasteiger partial charge < -0.3 is 5.73 Å². The standard InChI is InChI=1S/C17H17N3S/c1-21-14-7-5-13(6-8-14)20-16-9-4-12(18)10-15(16)19-17(20)11-2-3-11/h4-11H,2-3,18H2,1H3. The molecule has 3 nitrogen and oxygen atoms in total. The Morgan fingerprint density at radius 2 is 1.90 bits per heavy atom. The van der Waals surface area contributed by atoms with Gasteiger partial charge in [-0.25, -0.2) is 4.98 Å². The third kappa shape index (κ3) is 2.20. The van der Waals surface area contributed by atoms with Crippen LogP contribution in [-0.2, 0) is 0 Å². The van der Waals surface area contributed by atoms with Gasteiger partial charge in [-0.15, -0.1) is 11.8 Å². The van der Waals surface area contributed by atoms with Crippen molar-refractivity contribution in [3.05, 3.63) is 48.3 Å². The quantitative estimate of drug-likeness (QED) is 0.581. The van der Waals surface area contributed by atoms with Crippen molar-refractivity contribution in [3.8, 4) is 5.69 Å². The third-order valence-corrected chi connectivity index (χ3v) is 4.72. The van der Waals surface area contributed by atoms with Crippen molar-refractivity contribution >= 4 is 28.5 Å². The maximum Gasteiger partial charge on any atom is 0.117 e. The first-order valence-electron chi connectivity index (χ1n) is 7.18. The molecule has 4 heteroatoms. The maximum atomic E-state index is 5.90.